The number of benzene rings is 1. The van der Waals surface area contributed by atoms with Crippen LogP contribution in [0.1, 0.15) is 5.01 Å². The molecule has 1 aromatic carbocycles. The number of aromatic amines is 1. The summed E-state index contributed by atoms with van der Waals surface area (Å²) in [6.07, 6.45) is 5.27. The van der Waals surface area contributed by atoms with E-state index in [4.69, 9.17) is 11.6 Å². The Morgan fingerprint density at radius 2 is 2.17 bits per heavy atom. The summed E-state index contributed by atoms with van der Waals surface area (Å²) in [6, 6.07) is 7.74. The van der Waals surface area contributed by atoms with E-state index < -0.39 is 0 Å². The molecule has 0 spiro atoms. The van der Waals surface area contributed by atoms with Crippen molar-refractivity contribution < 1.29 is 0 Å². The summed E-state index contributed by atoms with van der Waals surface area (Å²) in [5, 5.41) is 7.96. The van der Waals surface area contributed by atoms with Crippen LogP contribution in [0.2, 0.25) is 5.02 Å². The third-order valence-corrected chi connectivity index (χ3v) is 4.51. The van der Waals surface area contributed by atoms with E-state index in [-0.39, 0.29) is 0 Å². The monoisotopic (exact) mass is 341 g/mol. The molecule has 7 heteroatoms. The lowest BCUT2D eigenvalue weighted by Crippen LogP contribution is -2.02. The van der Waals surface area contributed by atoms with Crippen molar-refractivity contribution >= 4 is 39.8 Å². The molecule has 4 aromatic rings. The van der Waals surface area contributed by atoms with Crippen molar-refractivity contribution in [2.24, 2.45) is 0 Å². The van der Waals surface area contributed by atoms with Gasteiger partial charge in [-0.1, -0.05) is 23.7 Å². The molecule has 0 saturated heterocycles. The van der Waals surface area contributed by atoms with Gasteiger partial charge in [-0.2, -0.15) is 0 Å². The van der Waals surface area contributed by atoms with Crippen molar-refractivity contribution in [3.05, 3.63) is 58.4 Å². The van der Waals surface area contributed by atoms with E-state index in [0.29, 0.717) is 11.6 Å². The first-order chi connectivity index (χ1) is 11.3. The Hall–Kier alpha value is -2.44. The van der Waals surface area contributed by atoms with Crippen molar-refractivity contribution in [2.45, 2.75) is 6.54 Å². The molecule has 3 aromatic heterocycles. The van der Waals surface area contributed by atoms with Gasteiger partial charge in [0.1, 0.15) is 22.8 Å². The van der Waals surface area contributed by atoms with Crippen molar-refractivity contribution in [3.8, 4) is 11.1 Å². The van der Waals surface area contributed by atoms with Gasteiger partial charge < -0.3 is 10.3 Å². The molecule has 0 bridgehead atoms. The number of halogens is 1. The average Bonchev–Trinajstić information content (AvgIpc) is 3.22. The third kappa shape index (κ3) is 2.78. The fraction of sp³-hybridized carbons (Fsp3) is 0.0625. The van der Waals surface area contributed by atoms with Gasteiger partial charge in [0.25, 0.3) is 0 Å². The largest absolute Gasteiger partial charge is 0.363 e. The molecule has 0 amide bonds. The van der Waals surface area contributed by atoms with Crippen LogP contribution < -0.4 is 5.32 Å². The molecule has 114 valence electrons. The topological polar surface area (TPSA) is 66.5 Å². The molecule has 2 N–H and O–H groups in total. The van der Waals surface area contributed by atoms with Crippen LogP contribution >= 0.6 is 22.9 Å². The first kappa shape index (κ1) is 14.2. The average molecular weight is 342 g/mol. The molecule has 5 nitrogen and oxygen atoms in total. The summed E-state index contributed by atoms with van der Waals surface area (Å²) in [5.41, 5.74) is 2.83. The highest BCUT2D eigenvalue weighted by Crippen LogP contribution is 2.33. The number of fused-ring (bicyclic) bond motifs is 1. The highest BCUT2D eigenvalue weighted by atomic mass is 35.5. The molecule has 4 rings (SSSR count). The minimum atomic E-state index is 0.629. The van der Waals surface area contributed by atoms with E-state index in [9.17, 15) is 0 Å². The third-order valence-electron chi connectivity index (χ3n) is 3.50. The number of nitrogens with one attached hydrogen (secondary N) is 2. The smallest absolute Gasteiger partial charge is 0.143 e. The molecule has 0 atom stereocenters. The van der Waals surface area contributed by atoms with Crippen LogP contribution in [-0.4, -0.2) is 19.9 Å². The predicted octanol–water partition coefficient (Wildman–Crippen LogP) is 4.35. The predicted molar refractivity (Wildman–Crippen MR) is 93.8 cm³/mol. The maximum absolute atomic E-state index is 6.12. The van der Waals surface area contributed by atoms with E-state index in [2.05, 4.69) is 25.3 Å². The molecular weight excluding hydrogens is 330 g/mol. The van der Waals surface area contributed by atoms with Crippen LogP contribution in [0.25, 0.3) is 22.2 Å². The fourth-order valence-corrected chi connectivity index (χ4v) is 3.23. The lowest BCUT2D eigenvalue weighted by molar-refractivity contribution is 1.07. The maximum Gasteiger partial charge on any atom is 0.143 e. The lowest BCUT2D eigenvalue weighted by Gasteiger charge is -2.07. The summed E-state index contributed by atoms with van der Waals surface area (Å²) in [7, 11) is 0. The van der Waals surface area contributed by atoms with E-state index in [1.165, 1.54) is 0 Å². The SMILES string of the molecule is Clc1cccc(-c2c[nH]c3ncnc(NCc4nccs4)c23)c1. The van der Waals surface area contributed by atoms with Crippen molar-refractivity contribution in [2.75, 3.05) is 5.32 Å². The maximum atomic E-state index is 6.12. The molecule has 0 aliphatic rings. The molecular formula is C16H12ClN5S. The van der Waals surface area contributed by atoms with Crippen LogP contribution in [0.4, 0.5) is 5.82 Å². The molecule has 0 saturated carbocycles. The molecule has 0 unspecified atom stereocenters. The van der Waals surface area contributed by atoms with Gasteiger partial charge in [-0.3, -0.25) is 0 Å². The zero-order valence-corrected chi connectivity index (χ0v) is 13.5. The van der Waals surface area contributed by atoms with Crippen molar-refractivity contribution in [1.82, 2.24) is 19.9 Å². The Morgan fingerprint density at radius 3 is 3.00 bits per heavy atom. The number of anilines is 1. The van der Waals surface area contributed by atoms with Gasteiger partial charge >= 0.3 is 0 Å². The second-order valence-electron chi connectivity index (χ2n) is 4.94. The number of hydrogen-bond acceptors (Lipinski definition) is 5. The Morgan fingerprint density at radius 1 is 1.22 bits per heavy atom. The van der Waals surface area contributed by atoms with Gasteiger partial charge in [-0.15, -0.1) is 11.3 Å². The van der Waals surface area contributed by atoms with Crippen LogP contribution in [0.15, 0.2) is 48.4 Å². The summed E-state index contributed by atoms with van der Waals surface area (Å²) in [6.45, 7) is 0.629. The van der Waals surface area contributed by atoms with Gasteiger partial charge in [0.2, 0.25) is 0 Å². The molecule has 0 aliphatic carbocycles. The van der Waals surface area contributed by atoms with E-state index >= 15 is 0 Å². The quantitative estimate of drug-likeness (QED) is 0.579. The zero-order valence-electron chi connectivity index (χ0n) is 12.0. The lowest BCUT2D eigenvalue weighted by atomic mass is 10.1. The summed E-state index contributed by atoms with van der Waals surface area (Å²) in [5.74, 6) is 0.779. The molecule has 3 heterocycles. The van der Waals surface area contributed by atoms with Gasteiger partial charge in [0, 0.05) is 28.4 Å². The van der Waals surface area contributed by atoms with Crippen LogP contribution in [0, 0.1) is 0 Å². The number of aromatic nitrogens is 4. The molecule has 23 heavy (non-hydrogen) atoms. The van der Waals surface area contributed by atoms with Crippen molar-refractivity contribution in [1.29, 1.82) is 0 Å². The summed E-state index contributed by atoms with van der Waals surface area (Å²) >= 11 is 7.73. The Kier molecular flexibility index (Phi) is 3.69. The standard InChI is InChI=1S/C16H12ClN5S/c17-11-3-1-2-10(6-11)12-7-19-15-14(12)16(22-9-21-15)20-8-13-18-4-5-23-13/h1-7,9H,8H2,(H2,19,20,21,22). The first-order valence-corrected chi connectivity index (χ1v) is 8.27. The van der Waals surface area contributed by atoms with E-state index in [0.717, 1.165) is 33.0 Å². The van der Waals surface area contributed by atoms with Gasteiger partial charge in [-0.25, -0.2) is 15.0 Å². The first-order valence-electron chi connectivity index (χ1n) is 7.01. The molecule has 0 aliphatic heterocycles. The Labute approximate surface area is 141 Å². The van der Waals surface area contributed by atoms with Gasteiger partial charge in [0.05, 0.1) is 11.9 Å². The zero-order chi connectivity index (χ0) is 15.6. The number of thiazole rings is 1. The minimum absolute atomic E-state index is 0.629. The van der Waals surface area contributed by atoms with Crippen LogP contribution in [0.5, 0.6) is 0 Å². The minimum Gasteiger partial charge on any atom is -0.363 e. The second-order valence-corrected chi connectivity index (χ2v) is 6.35. The summed E-state index contributed by atoms with van der Waals surface area (Å²) in [4.78, 5) is 16.2. The highest BCUT2D eigenvalue weighted by Gasteiger charge is 2.13. The van der Waals surface area contributed by atoms with Gasteiger partial charge in [0.15, 0.2) is 0 Å². The number of rotatable bonds is 4. The van der Waals surface area contributed by atoms with Crippen LogP contribution in [0.3, 0.4) is 0 Å². The highest BCUT2D eigenvalue weighted by molar-refractivity contribution is 7.09. The molecule has 0 fully saturated rings. The molecule has 0 radical (unpaired) electrons. The fourth-order valence-electron chi connectivity index (χ4n) is 2.48. The van der Waals surface area contributed by atoms with Crippen LogP contribution in [-0.2, 0) is 6.54 Å². The second kappa shape index (κ2) is 5.98. The van der Waals surface area contributed by atoms with Crippen molar-refractivity contribution in [3.63, 3.8) is 0 Å². The van der Waals surface area contributed by atoms with Gasteiger partial charge in [-0.05, 0) is 17.7 Å². The Balaban J connectivity index is 1.77. The summed E-state index contributed by atoms with van der Waals surface area (Å²) < 4.78 is 0. The number of hydrogen-bond donors (Lipinski definition) is 2. The van der Waals surface area contributed by atoms with E-state index in [1.54, 1.807) is 23.9 Å². The number of nitrogens with zero attached hydrogens (tertiary/aromatic N) is 3. The normalized spacial score (nSPS) is 11.0. The van der Waals surface area contributed by atoms with E-state index in [1.807, 2.05) is 35.8 Å². The Bertz CT molecular complexity index is 948. The number of H-pyrrole nitrogens is 1.